The molecule has 0 saturated carbocycles. The first kappa shape index (κ1) is 14.8. The van der Waals surface area contributed by atoms with E-state index in [1.165, 1.54) is 4.90 Å². The Morgan fingerprint density at radius 1 is 1.33 bits per heavy atom. The summed E-state index contributed by atoms with van der Waals surface area (Å²) in [6.45, 7) is 1.43. The highest BCUT2D eigenvalue weighted by Crippen LogP contribution is 2.18. The number of aromatic nitrogens is 2. The van der Waals surface area contributed by atoms with Crippen LogP contribution in [-0.2, 0) is 16.0 Å². The van der Waals surface area contributed by atoms with Gasteiger partial charge in [-0.2, -0.15) is 0 Å². The number of hydrogen-bond donors (Lipinski definition) is 2. The van der Waals surface area contributed by atoms with Crippen molar-refractivity contribution in [2.75, 3.05) is 11.4 Å². The normalized spacial score (nSPS) is 11.9. The molecule has 0 fully saturated rings. The van der Waals surface area contributed by atoms with Gasteiger partial charge in [0.05, 0.1) is 6.33 Å². The highest BCUT2D eigenvalue weighted by atomic mass is 16.4. The molecule has 1 aromatic heterocycles. The fraction of sp³-hybridized carbons (Fsp3) is 0.267. The molecule has 2 N–H and O–H groups in total. The average Bonchev–Trinajstić information content (AvgIpc) is 2.97. The van der Waals surface area contributed by atoms with Gasteiger partial charge in [-0.15, -0.1) is 0 Å². The first-order valence-corrected chi connectivity index (χ1v) is 6.63. The average molecular weight is 287 g/mol. The van der Waals surface area contributed by atoms with Crippen LogP contribution in [0.2, 0.25) is 0 Å². The second kappa shape index (κ2) is 6.69. The minimum Gasteiger partial charge on any atom is -0.480 e. The molecule has 1 unspecified atom stereocenters. The van der Waals surface area contributed by atoms with Crippen molar-refractivity contribution >= 4 is 17.6 Å². The topological polar surface area (TPSA) is 86.3 Å². The number of nitrogens with one attached hydrogen (secondary N) is 1. The lowest BCUT2D eigenvalue weighted by molar-refractivity contribution is -0.137. The van der Waals surface area contributed by atoms with Crippen LogP contribution in [0.5, 0.6) is 0 Å². The lowest BCUT2D eigenvalue weighted by Gasteiger charge is -2.24. The zero-order valence-corrected chi connectivity index (χ0v) is 11.7. The van der Waals surface area contributed by atoms with Gasteiger partial charge in [0.2, 0.25) is 5.91 Å². The van der Waals surface area contributed by atoms with E-state index in [2.05, 4.69) is 9.97 Å². The molecule has 110 valence electrons. The van der Waals surface area contributed by atoms with Gasteiger partial charge in [0.25, 0.3) is 0 Å². The molecule has 0 radical (unpaired) electrons. The van der Waals surface area contributed by atoms with Crippen LogP contribution in [0, 0.1) is 5.92 Å². The van der Waals surface area contributed by atoms with E-state index in [0.717, 1.165) is 5.69 Å². The van der Waals surface area contributed by atoms with Crippen molar-refractivity contribution in [2.24, 2.45) is 5.92 Å². The van der Waals surface area contributed by atoms with Crippen LogP contribution in [0.25, 0.3) is 0 Å². The summed E-state index contributed by atoms with van der Waals surface area (Å²) in [5.41, 5.74) is 1.43. The van der Waals surface area contributed by atoms with E-state index in [9.17, 15) is 9.59 Å². The van der Waals surface area contributed by atoms with E-state index in [-0.39, 0.29) is 18.4 Å². The van der Waals surface area contributed by atoms with Gasteiger partial charge >= 0.3 is 5.97 Å². The Labute approximate surface area is 122 Å². The van der Waals surface area contributed by atoms with E-state index in [0.29, 0.717) is 12.1 Å². The van der Waals surface area contributed by atoms with Gasteiger partial charge in [-0.25, -0.2) is 4.98 Å². The maximum atomic E-state index is 12.5. The molecule has 0 saturated heterocycles. The van der Waals surface area contributed by atoms with Crippen LogP contribution in [0.3, 0.4) is 0 Å². The number of carbonyl (C=O) groups is 2. The number of carbonyl (C=O) groups excluding carboxylic acids is 1. The smallest absolute Gasteiger partial charge is 0.323 e. The largest absolute Gasteiger partial charge is 0.480 e. The van der Waals surface area contributed by atoms with Crippen molar-refractivity contribution in [3.05, 3.63) is 48.5 Å². The van der Waals surface area contributed by atoms with Crippen molar-refractivity contribution in [2.45, 2.75) is 13.3 Å². The first-order chi connectivity index (χ1) is 10.1. The van der Waals surface area contributed by atoms with Crippen molar-refractivity contribution in [1.29, 1.82) is 0 Å². The summed E-state index contributed by atoms with van der Waals surface area (Å²) in [7, 11) is 0. The van der Waals surface area contributed by atoms with E-state index in [4.69, 9.17) is 5.11 Å². The lowest BCUT2D eigenvalue weighted by Crippen LogP contribution is -2.39. The third kappa shape index (κ3) is 3.92. The van der Waals surface area contributed by atoms with Gasteiger partial charge in [0.15, 0.2) is 0 Å². The Morgan fingerprint density at radius 2 is 2.05 bits per heavy atom. The van der Waals surface area contributed by atoms with E-state index < -0.39 is 5.97 Å². The van der Waals surface area contributed by atoms with Crippen molar-refractivity contribution < 1.29 is 14.7 Å². The number of carboxylic acids is 1. The predicted molar refractivity (Wildman–Crippen MR) is 77.9 cm³/mol. The molecule has 1 aromatic carbocycles. The lowest BCUT2D eigenvalue weighted by atomic mass is 10.0. The van der Waals surface area contributed by atoms with Gasteiger partial charge in [-0.1, -0.05) is 25.1 Å². The number of imidazole rings is 1. The number of aromatic amines is 1. The quantitative estimate of drug-likeness (QED) is 0.846. The summed E-state index contributed by atoms with van der Waals surface area (Å²) < 4.78 is 0. The molecule has 1 atom stereocenters. The van der Waals surface area contributed by atoms with Crippen LogP contribution < -0.4 is 4.90 Å². The highest BCUT2D eigenvalue weighted by Gasteiger charge is 2.24. The number of amides is 1. The standard InChI is InChI=1S/C15H17N3O3/c1-11(7-12-8-16-10-17-12)15(21)18(9-14(19)20)13-5-3-2-4-6-13/h2-6,8,10-11H,7,9H2,1H3,(H,16,17)(H,19,20). The van der Waals surface area contributed by atoms with Gasteiger partial charge in [0, 0.05) is 29.9 Å². The third-order valence-corrected chi connectivity index (χ3v) is 3.13. The number of carboxylic acid groups (broad SMARTS) is 1. The molecule has 0 spiro atoms. The molecule has 21 heavy (non-hydrogen) atoms. The minimum atomic E-state index is -1.04. The first-order valence-electron chi connectivity index (χ1n) is 6.63. The number of nitrogens with zero attached hydrogens (tertiary/aromatic N) is 2. The predicted octanol–water partition coefficient (Wildman–Crippen LogP) is 1.71. The summed E-state index contributed by atoms with van der Waals surface area (Å²) >= 11 is 0. The monoisotopic (exact) mass is 287 g/mol. The molecule has 0 bridgehead atoms. The molecule has 2 aromatic rings. The van der Waals surface area contributed by atoms with Crippen molar-refractivity contribution in [1.82, 2.24) is 9.97 Å². The van der Waals surface area contributed by atoms with Crippen LogP contribution in [0.1, 0.15) is 12.6 Å². The Balaban J connectivity index is 2.16. The molecule has 0 aliphatic heterocycles. The summed E-state index contributed by atoms with van der Waals surface area (Å²) in [6.07, 6.45) is 3.70. The summed E-state index contributed by atoms with van der Waals surface area (Å²) in [5.74, 6) is -1.61. The zero-order chi connectivity index (χ0) is 15.2. The molecule has 6 nitrogen and oxygen atoms in total. The van der Waals surface area contributed by atoms with Gasteiger partial charge in [-0.05, 0) is 12.1 Å². The van der Waals surface area contributed by atoms with Gasteiger partial charge in [0.1, 0.15) is 6.54 Å². The fourth-order valence-corrected chi connectivity index (χ4v) is 2.12. The number of aliphatic carboxylic acids is 1. The van der Waals surface area contributed by atoms with E-state index in [1.54, 1.807) is 43.7 Å². The summed E-state index contributed by atoms with van der Waals surface area (Å²) in [5, 5.41) is 9.02. The van der Waals surface area contributed by atoms with Crippen molar-refractivity contribution in [3.63, 3.8) is 0 Å². The number of anilines is 1. The van der Waals surface area contributed by atoms with Crippen LogP contribution in [-0.4, -0.2) is 33.5 Å². The zero-order valence-electron chi connectivity index (χ0n) is 11.7. The van der Waals surface area contributed by atoms with Crippen molar-refractivity contribution in [3.8, 4) is 0 Å². The Bertz CT molecular complexity index is 596. The molecule has 1 heterocycles. The highest BCUT2D eigenvalue weighted by molar-refractivity contribution is 5.98. The van der Waals surface area contributed by atoms with Gasteiger partial charge in [-0.3, -0.25) is 9.59 Å². The molecular weight excluding hydrogens is 270 g/mol. The number of H-pyrrole nitrogens is 1. The summed E-state index contributed by atoms with van der Waals surface area (Å²) in [4.78, 5) is 31.7. The molecule has 0 aliphatic carbocycles. The molecule has 1 amide bonds. The van der Waals surface area contributed by atoms with Crippen LogP contribution >= 0.6 is 0 Å². The molecule has 2 rings (SSSR count). The van der Waals surface area contributed by atoms with E-state index in [1.807, 2.05) is 6.07 Å². The van der Waals surface area contributed by atoms with Crippen LogP contribution in [0.4, 0.5) is 5.69 Å². The Hall–Kier alpha value is -2.63. The minimum absolute atomic E-state index is 0.224. The van der Waals surface area contributed by atoms with Crippen LogP contribution in [0.15, 0.2) is 42.9 Å². The van der Waals surface area contributed by atoms with Gasteiger partial charge < -0.3 is 15.0 Å². The summed E-state index contributed by atoms with van der Waals surface area (Å²) in [6, 6.07) is 8.82. The maximum Gasteiger partial charge on any atom is 0.323 e. The van der Waals surface area contributed by atoms with E-state index >= 15 is 0 Å². The number of rotatable bonds is 6. The number of benzene rings is 1. The molecular formula is C15H17N3O3. The molecule has 0 aliphatic rings. The second-order valence-electron chi connectivity index (χ2n) is 4.84. The Kier molecular flexibility index (Phi) is 4.71. The fourth-order valence-electron chi connectivity index (χ4n) is 2.12. The SMILES string of the molecule is CC(Cc1cnc[nH]1)C(=O)N(CC(=O)O)c1ccccc1. The maximum absolute atomic E-state index is 12.5. The Morgan fingerprint density at radius 3 is 2.62 bits per heavy atom. The number of para-hydroxylation sites is 1. The second-order valence-corrected chi connectivity index (χ2v) is 4.84. The number of hydrogen-bond acceptors (Lipinski definition) is 3. The molecule has 6 heteroatoms. The third-order valence-electron chi connectivity index (χ3n) is 3.13.